The Hall–Kier alpha value is -2.49. The number of halogens is 1. The first-order valence-electron chi connectivity index (χ1n) is 9.13. The first-order chi connectivity index (χ1) is 14.5. The Balaban J connectivity index is 1.61. The van der Waals surface area contributed by atoms with Crippen LogP contribution in [0.1, 0.15) is 10.6 Å². The van der Waals surface area contributed by atoms with Gasteiger partial charge in [0.25, 0.3) is 0 Å². The molecular weight excluding hydrogens is 482 g/mol. The van der Waals surface area contributed by atoms with Crippen LogP contribution < -0.4 is 5.32 Å². The number of aryl methyl sites for hydroxylation is 2. The number of carbonyl (C=O) groups excluding carboxylic acids is 1. The van der Waals surface area contributed by atoms with Crippen molar-refractivity contribution in [1.82, 2.24) is 19.7 Å². The lowest BCUT2D eigenvalue weighted by molar-refractivity contribution is -0.113. The molecule has 0 saturated carbocycles. The molecule has 9 heteroatoms. The van der Waals surface area contributed by atoms with Crippen LogP contribution in [0.4, 0.5) is 5.13 Å². The number of thioether (sulfide) groups is 1. The quantitative estimate of drug-likeness (QED) is 0.354. The fourth-order valence-corrected chi connectivity index (χ4v) is 4.50. The molecule has 0 bridgehead atoms. The van der Waals surface area contributed by atoms with Gasteiger partial charge in [-0.05, 0) is 38.1 Å². The van der Waals surface area contributed by atoms with E-state index in [9.17, 15) is 4.79 Å². The van der Waals surface area contributed by atoms with Crippen LogP contribution in [0.2, 0.25) is 0 Å². The number of carbonyl (C=O) groups is 1. The zero-order valence-electron chi connectivity index (χ0n) is 16.3. The van der Waals surface area contributed by atoms with E-state index in [-0.39, 0.29) is 11.7 Å². The van der Waals surface area contributed by atoms with Gasteiger partial charge in [0, 0.05) is 15.7 Å². The number of nitrogens with zero attached hydrogens (tertiary/aromatic N) is 4. The van der Waals surface area contributed by atoms with Crippen molar-refractivity contribution in [2.75, 3.05) is 11.1 Å². The molecule has 0 radical (unpaired) electrons. The molecule has 6 nitrogen and oxygen atoms in total. The van der Waals surface area contributed by atoms with Gasteiger partial charge < -0.3 is 0 Å². The molecule has 0 unspecified atom stereocenters. The van der Waals surface area contributed by atoms with Crippen molar-refractivity contribution < 1.29 is 4.79 Å². The molecule has 152 valence electrons. The van der Waals surface area contributed by atoms with Crippen LogP contribution >= 0.6 is 39.0 Å². The summed E-state index contributed by atoms with van der Waals surface area (Å²) >= 11 is 6.22. The zero-order valence-corrected chi connectivity index (χ0v) is 19.5. The molecule has 0 saturated heterocycles. The van der Waals surface area contributed by atoms with Gasteiger partial charge in [-0.3, -0.25) is 14.7 Å². The van der Waals surface area contributed by atoms with E-state index in [0.29, 0.717) is 5.13 Å². The SMILES string of the molecule is Cc1ccc(-n2c(-c3ccc(Br)cc3)cnc2SCC(=O)Nc2nnc(C)s2)cc1. The lowest BCUT2D eigenvalue weighted by Crippen LogP contribution is -2.14. The summed E-state index contributed by atoms with van der Waals surface area (Å²) in [5.41, 5.74) is 4.20. The third kappa shape index (κ3) is 4.80. The number of amides is 1. The van der Waals surface area contributed by atoms with E-state index in [4.69, 9.17) is 0 Å². The summed E-state index contributed by atoms with van der Waals surface area (Å²) in [5.74, 6) is 0.0844. The van der Waals surface area contributed by atoms with Gasteiger partial charge in [0.2, 0.25) is 11.0 Å². The number of imidazole rings is 1. The Morgan fingerprint density at radius 3 is 2.50 bits per heavy atom. The molecule has 2 heterocycles. The molecule has 0 aliphatic rings. The van der Waals surface area contributed by atoms with Crippen molar-refractivity contribution in [3.8, 4) is 16.9 Å². The highest BCUT2D eigenvalue weighted by atomic mass is 79.9. The van der Waals surface area contributed by atoms with Crippen LogP contribution in [0.25, 0.3) is 16.9 Å². The van der Waals surface area contributed by atoms with Crippen molar-refractivity contribution in [3.63, 3.8) is 0 Å². The maximum Gasteiger partial charge on any atom is 0.236 e. The topological polar surface area (TPSA) is 72.7 Å². The van der Waals surface area contributed by atoms with E-state index >= 15 is 0 Å². The van der Waals surface area contributed by atoms with Gasteiger partial charge in [-0.25, -0.2) is 4.98 Å². The Morgan fingerprint density at radius 1 is 1.10 bits per heavy atom. The lowest BCUT2D eigenvalue weighted by Gasteiger charge is -2.12. The summed E-state index contributed by atoms with van der Waals surface area (Å²) in [6.45, 7) is 3.91. The largest absolute Gasteiger partial charge is 0.300 e. The number of nitrogens with one attached hydrogen (secondary N) is 1. The molecule has 4 rings (SSSR count). The third-order valence-corrected chi connectivity index (χ3v) is 6.50. The van der Waals surface area contributed by atoms with Gasteiger partial charge in [-0.1, -0.05) is 68.9 Å². The van der Waals surface area contributed by atoms with E-state index in [1.165, 1.54) is 28.7 Å². The molecule has 1 amide bonds. The summed E-state index contributed by atoms with van der Waals surface area (Å²) in [4.78, 5) is 17.0. The highest BCUT2D eigenvalue weighted by Crippen LogP contribution is 2.31. The van der Waals surface area contributed by atoms with Crippen LogP contribution in [0.15, 0.2) is 64.4 Å². The standard InChI is InChI=1S/C21H18BrN5OS2/c1-13-3-9-17(10-4-13)27-18(15-5-7-16(22)8-6-15)11-23-21(27)29-12-19(28)24-20-26-25-14(2)30-20/h3-11H,12H2,1-2H3,(H,24,26,28). The molecule has 2 aromatic heterocycles. The first-order valence-corrected chi connectivity index (χ1v) is 11.7. The zero-order chi connectivity index (χ0) is 21.1. The average molecular weight is 500 g/mol. The second-order valence-electron chi connectivity index (χ2n) is 6.57. The second-order valence-corrected chi connectivity index (χ2v) is 9.61. The number of hydrogen-bond acceptors (Lipinski definition) is 6. The number of aromatic nitrogens is 4. The number of hydrogen-bond donors (Lipinski definition) is 1. The molecule has 4 aromatic rings. The van der Waals surface area contributed by atoms with Crippen molar-refractivity contribution in [1.29, 1.82) is 0 Å². The third-order valence-electron chi connectivity index (χ3n) is 4.27. The van der Waals surface area contributed by atoms with Gasteiger partial charge in [-0.15, -0.1) is 10.2 Å². The number of benzene rings is 2. The smallest absolute Gasteiger partial charge is 0.236 e. The van der Waals surface area contributed by atoms with Crippen LogP contribution in [0.5, 0.6) is 0 Å². The molecule has 0 aliphatic carbocycles. The lowest BCUT2D eigenvalue weighted by atomic mass is 10.1. The van der Waals surface area contributed by atoms with Crippen molar-refractivity contribution >= 4 is 50.1 Å². The van der Waals surface area contributed by atoms with Crippen LogP contribution in [-0.2, 0) is 4.79 Å². The van der Waals surface area contributed by atoms with E-state index in [1.54, 1.807) is 0 Å². The van der Waals surface area contributed by atoms with E-state index < -0.39 is 0 Å². The minimum absolute atomic E-state index is 0.139. The van der Waals surface area contributed by atoms with Crippen molar-refractivity contribution in [2.24, 2.45) is 0 Å². The Bertz CT molecular complexity index is 1170. The number of rotatable bonds is 6. The first kappa shape index (κ1) is 20.8. The Morgan fingerprint density at radius 2 is 1.83 bits per heavy atom. The molecule has 0 atom stereocenters. The van der Waals surface area contributed by atoms with Crippen LogP contribution in [-0.4, -0.2) is 31.4 Å². The van der Waals surface area contributed by atoms with E-state index in [2.05, 4.69) is 72.2 Å². The van der Waals surface area contributed by atoms with Gasteiger partial charge in [0.15, 0.2) is 5.16 Å². The van der Waals surface area contributed by atoms with E-state index in [0.717, 1.165) is 31.6 Å². The molecule has 0 fully saturated rings. The minimum atomic E-state index is -0.139. The Labute approximate surface area is 190 Å². The molecule has 30 heavy (non-hydrogen) atoms. The summed E-state index contributed by atoms with van der Waals surface area (Å²) < 4.78 is 3.10. The monoisotopic (exact) mass is 499 g/mol. The minimum Gasteiger partial charge on any atom is -0.300 e. The molecule has 0 aliphatic heterocycles. The molecular formula is C21H18BrN5OS2. The summed E-state index contributed by atoms with van der Waals surface area (Å²) in [6, 6.07) is 16.4. The van der Waals surface area contributed by atoms with E-state index in [1.807, 2.05) is 37.4 Å². The highest BCUT2D eigenvalue weighted by Gasteiger charge is 2.16. The van der Waals surface area contributed by atoms with Crippen LogP contribution in [0, 0.1) is 13.8 Å². The molecule has 0 spiro atoms. The summed E-state index contributed by atoms with van der Waals surface area (Å²) in [7, 11) is 0. The Kier molecular flexibility index (Phi) is 6.31. The second kappa shape index (κ2) is 9.11. The van der Waals surface area contributed by atoms with Crippen molar-refractivity contribution in [2.45, 2.75) is 19.0 Å². The highest BCUT2D eigenvalue weighted by molar-refractivity contribution is 9.10. The van der Waals surface area contributed by atoms with Crippen molar-refractivity contribution in [3.05, 3.63) is 69.8 Å². The maximum atomic E-state index is 12.4. The van der Waals surface area contributed by atoms with Gasteiger partial charge >= 0.3 is 0 Å². The van der Waals surface area contributed by atoms with Gasteiger partial charge in [0.1, 0.15) is 5.01 Å². The number of anilines is 1. The molecule has 1 N–H and O–H groups in total. The summed E-state index contributed by atoms with van der Waals surface area (Å²) in [6.07, 6.45) is 1.84. The average Bonchev–Trinajstić information content (AvgIpc) is 3.34. The predicted octanol–water partition coefficient (Wildman–Crippen LogP) is 5.50. The summed E-state index contributed by atoms with van der Waals surface area (Å²) in [5, 5.41) is 12.7. The fourth-order valence-electron chi connectivity index (χ4n) is 2.84. The fraction of sp³-hybridized carbons (Fsp3) is 0.143. The maximum absolute atomic E-state index is 12.4. The van der Waals surface area contributed by atoms with Gasteiger partial charge in [-0.2, -0.15) is 0 Å². The van der Waals surface area contributed by atoms with Crippen LogP contribution in [0.3, 0.4) is 0 Å². The van der Waals surface area contributed by atoms with Gasteiger partial charge in [0.05, 0.1) is 17.6 Å². The molecule has 2 aromatic carbocycles. The normalized spacial score (nSPS) is 10.9. The predicted molar refractivity (Wildman–Crippen MR) is 125 cm³/mol.